The molecule has 0 radical (unpaired) electrons. The molecule has 3 nitrogen and oxygen atoms in total. The summed E-state index contributed by atoms with van der Waals surface area (Å²) in [5.41, 5.74) is 1.96. The monoisotopic (exact) mass is 230 g/mol. The number of benzene rings is 1. The zero-order chi connectivity index (χ0) is 12.6. The van der Waals surface area contributed by atoms with Gasteiger partial charge in [0.1, 0.15) is 0 Å². The van der Waals surface area contributed by atoms with Gasteiger partial charge in [0.25, 0.3) is 0 Å². The van der Waals surface area contributed by atoms with Gasteiger partial charge in [-0.2, -0.15) is 0 Å². The Morgan fingerprint density at radius 2 is 1.82 bits per heavy atom. The fourth-order valence-corrected chi connectivity index (χ4v) is 1.87. The van der Waals surface area contributed by atoms with Gasteiger partial charge in [-0.05, 0) is 23.6 Å². The molecule has 1 aromatic carbocycles. The predicted octanol–water partition coefficient (Wildman–Crippen LogP) is 2.72. The fraction of sp³-hybridized carbons (Fsp3) is 0.286. The summed E-state index contributed by atoms with van der Waals surface area (Å²) in [6.07, 6.45) is 1.26. The Kier molecular flexibility index (Phi) is 2.84. The molecule has 0 aliphatic heterocycles. The van der Waals surface area contributed by atoms with E-state index in [1.807, 2.05) is 19.9 Å². The molecule has 0 saturated carbocycles. The van der Waals surface area contributed by atoms with Gasteiger partial charge in [0.2, 0.25) is 5.78 Å². The Bertz CT molecular complexity index is 524. The highest BCUT2D eigenvalue weighted by atomic mass is 16.5. The van der Waals surface area contributed by atoms with Gasteiger partial charge in [0.15, 0.2) is 11.5 Å². The smallest absolute Gasteiger partial charge is 0.228 e. The molecule has 0 aromatic heterocycles. The molecule has 0 fully saturated rings. The molecule has 3 heteroatoms. The second kappa shape index (κ2) is 4.17. The number of allylic oxidation sites excluding steroid dienone is 2. The van der Waals surface area contributed by atoms with Gasteiger partial charge in [0.05, 0.1) is 7.11 Å². The molecule has 2 rings (SSSR count). The van der Waals surface area contributed by atoms with Gasteiger partial charge in [-0.25, -0.2) is 0 Å². The summed E-state index contributed by atoms with van der Waals surface area (Å²) in [4.78, 5) is 23.8. The maximum Gasteiger partial charge on any atom is 0.228 e. The van der Waals surface area contributed by atoms with Crippen LogP contribution in [0.25, 0.3) is 0 Å². The number of ether oxygens (including phenoxy) is 1. The zero-order valence-corrected chi connectivity index (χ0v) is 10.1. The minimum atomic E-state index is -0.225. The lowest BCUT2D eigenvalue weighted by Gasteiger charge is -2.16. The van der Waals surface area contributed by atoms with Crippen molar-refractivity contribution in [2.45, 2.75) is 19.8 Å². The number of hydrogen-bond acceptors (Lipinski definition) is 3. The highest BCUT2D eigenvalue weighted by Crippen LogP contribution is 2.25. The van der Waals surface area contributed by atoms with Crippen LogP contribution in [0.4, 0.5) is 0 Å². The third-order valence-corrected chi connectivity index (χ3v) is 2.93. The van der Waals surface area contributed by atoms with Crippen LogP contribution >= 0.6 is 0 Å². The second-order valence-corrected chi connectivity index (χ2v) is 4.37. The maximum absolute atomic E-state index is 11.9. The number of methoxy groups -OCH3 is 1. The number of rotatable bonds is 2. The van der Waals surface area contributed by atoms with Crippen LogP contribution in [0.5, 0.6) is 0 Å². The summed E-state index contributed by atoms with van der Waals surface area (Å²) < 4.78 is 4.90. The van der Waals surface area contributed by atoms with Crippen molar-refractivity contribution in [1.29, 1.82) is 0 Å². The van der Waals surface area contributed by atoms with Gasteiger partial charge in [-0.15, -0.1) is 0 Å². The number of carbonyl (C=O) groups excluding carboxylic acids is 2. The van der Waals surface area contributed by atoms with Gasteiger partial charge >= 0.3 is 0 Å². The average molecular weight is 230 g/mol. The van der Waals surface area contributed by atoms with E-state index in [9.17, 15) is 9.59 Å². The van der Waals surface area contributed by atoms with E-state index in [0.29, 0.717) is 17.0 Å². The van der Waals surface area contributed by atoms with E-state index in [1.54, 1.807) is 12.1 Å². The lowest BCUT2D eigenvalue weighted by atomic mass is 9.89. The largest absolute Gasteiger partial charge is 0.492 e. The molecule has 0 unspecified atom stereocenters. The zero-order valence-electron chi connectivity index (χ0n) is 10.1. The first-order valence-corrected chi connectivity index (χ1v) is 5.53. The van der Waals surface area contributed by atoms with Gasteiger partial charge in [-0.3, -0.25) is 9.59 Å². The van der Waals surface area contributed by atoms with Crippen molar-refractivity contribution in [2.75, 3.05) is 7.11 Å². The van der Waals surface area contributed by atoms with Gasteiger partial charge in [-0.1, -0.05) is 19.9 Å². The number of hydrogen-bond donors (Lipinski definition) is 0. The first-order valence-electron chi connectivity index (χ1n) is 5.53. The van der Waals surface area contributed by atoms with E-state index in [1.165, 1.54) is 13.2 Å². The lowest BCUT2D eigenvalue weighted by molar-refractivity contribution is 0.0916. The van der Waals surface area contributed by atoms with Crippen LogP contribution in [0.1, 0.15) is 46.0 Å². The normalized spacial score (nSPS) is 14.7. The van der Waals surface area contributed by atoms with Crippen molar-refractivity contribution in [3.63, 3.8) is 0 Å². The summed E-state index contributed by atoms with van der Waals surface area (Å²) in [6, 6.07) is 5.38. The molecule has 88 valence electrons. The second-order valence-electron chi connectivity index (χ2n) is 4.37. The minimum absolute atomic E-state index is 0.111. The van der Waals surface area contributed by atoms with Crippen molar-refractivity contribution in [1.82, 2.24) is 0 Å². The van der Waals surface area contributed by atoms with Crippen LogP contribution in [-0.2, 0) is 4.74 Å². The number of fused-ring (bicyclic) bond motifs is 1. The Balaban J connectivity index is 2.55. The molecular formula is C14H14O3. The van der Waals surface area contributed by atoms with Crippen molar-refractivity contribution < 1.29 is 14.3 Å². The first kappa shape index (κ1) is 11.6. The molecule has 1 aliphatic rings. The average Bonchev–Trinajstić information content (AvgIpc) is 2.33. The topological polar surface area (TPSA) is 43.4 Å². The highest BCUT2D eigenvalue weighted by Gasteiger charge is 2.26. The number of Topliss-reactive ketones (excluding diaryl/α,β-unsaturated/α-hetero) is 1. The summed E-state index contributed by atoms with van der Waals surface area (Å²) in [6.45, 7) is 4.10. The molecule has 1 aromatic rings. The molecule has 0 N–H and O–H groups in total. The molecule has 17 heavy (non-hydrogen) atoms. The Morgan fingerprint density at radius 1 is 1.12 bits per heavy atom. The lowest BCUT2D eigenvalue weighted by Crippen LogP contribution is -2.18. The minimum Gasteiger partial charge on any atom is -0.492 e. The van der Waals surface area contributed by atoms with Crippen molar-refractivity contribution in [2.24, 2.45) is 0 Å². The van der Waals surface area contributed by atoms with Gasteiger partial charge in [0, 0.05) is 17.2 Å². The first-order chi connectivity index (χ1) is 8.04. The molecule has 0 saturated heterocycles. The maximum atomic E-state index is 11.9. The van der Waals surface area contributed by atoms with Crippen LogP contribution in [0.2, 0.25) is 0 Å². The molecular weight excluding hydrogens is 216 g/mol. The van der Waals surface area contributed by atoms with E-state index in [0.717, 1.165) is 5.56 Å². The summed E-state index contributed by atoms with van der Waals surface area (Å²) in [5, 5.41) is 0. The molecule has 0 bridgehead atoms. The Morgan fingerprint density at radius 3 is 2.41 bits per heavy atom. The molecule has 0 atom stereocenters. The van der Waals surface area contributed by atoms with Crippen LogP contribution in [0.15, 0.2) is 30.0 Å². The van der Waals surface area contributed by atoms with Crippen molar-refractivity contribution in [3.8, 4) is 0 Å². The quantitative estimate of drug-likeness (QED) is 0.784. The predicted molar refractivity (Wildman–Crippen MR) is 64.3 cm³/mol. The molecule has 0 spiro atoms. The third kappa shape index (κ3) is 1.88. The highest BCUT2D eigenvalue weighted by molar-refractivity contribution is 6.23. The summed E-state index contributed by atoms with van der Waals surface area (Å²) >= 11 is 0. The van der Waals surface area contributed by atoms with Crippen LogP contribution < -0.4 is 0 Å². The summed E-state index contributed by atoms with van der Waals surface area (Å²) in [7, 11) is 1.39. The van der Waals surface area contributed by atoms with Crippen LogP contribution in [-0.4, -0.2) is 18.7 Å². The molecule has 1 aliphatic carbocycles. The SMILES string of the molecule is COC1=CC(=O)c2cc(C(C)C)ccc2C1=O. The molecule has 0 heterocycles. The van der Waals surface area contributed by atoms with E-state index in [2.05, 4.69) is 0 Å². The Hall–Kier alpha value is -1.90. The Labute approximate surface area is 100 Å². The van der Waals surface area contributed by atoms with Crippen molar-refractivity contribution >= 4 is 11.6 Å². The molecule has 0 amide bonds. The van der Waals surface area contributed by atoms with E-state index in [4.69, 9.17) is 4.74 Å². The summed E-state index contributed by atoms with van der Waals surface area (Å²) in [5.74, 6) is 0.0483. The fourth-order valence-electron chi connectivity index (χ4n) is 1.87. The van der Waals surface area contributed by atoms with Gasteiger partial charge < -0.3 is 4.74 Å². The van der Waals surface area contributed by atoms with E-state index < -0.39 is 0 Å². The van der Waals surface area contributed by atoms with E-state index >= 15 is 0 Å². The third-order valence-electron chi connectivity index (χ3n) is 2.93. The van der Waals surface area contributed by atoms with Crippen molar-refractivity contribution in [3.05, 3.63) is 46.7 Å². The number of ketones is 2. The standard InChI is InChI=1S/C14H14O3/c1-8(2)9-4-5-10-11(6-9)12(15)7-13(17-3)14(10)16/h4-8H,1-3H3. The van der Waals surface area contributed by atoms with E-state index in [-0.39, 0.29) is 17.3 Å². The number of carbonyl (C=O) groups is 2. The van der Waals surface area contributed by atoms with Crippen LogP contribution in [0.3, 0.4) is 0 Å². The van der Waals surface area contributed by atoms with Crippen LogP contribution in [0, 0.1) is 0 Å².